The molecule has 2 aromatic rings. The van der Waals surface area contributed by atoms with Crippen LogP contribution in [0.3, 0.4) is 0 Å². The third-order valence-electron chi connectivity index (χ3n) is 4.98. The number of carbonyl (C=O) groups is 1. The third-order valence-corrected chi connectivity index (χ3v) is 4.98. The van der Waals surface area contributed by atoms with Crippen LogP contribution in [0.5, 0.6) is 0 Å². The van der Waals surface area contributed by atoms with Gasteiger partial charge in [0.25, 0.3) is 0 Å². The molecule has 0 radical (unpaired) electrons. The summed E-state index contributed by atoms with van der Waals surface area (Å²) in [5.41, 5.74) is 8.74. The molecule has 1 saturated heterocycles. The minimum Gasteiger partial charge on any atom is -0.399 e. The third kappa shape index (κ3) is 6.13. The summed E-state index contributed by atoms with van der Waals surface area (Å²) in [5, 5.41) is 0. The Morgan fingerprint density at radius 3 is 2.19 bits per heavy atom. The molecular weight excluding hydrogens is 381 g/mol. The second kappa shape index (κ2) is 9.98. The molecule has 0 bridgehead atoms. The minimum atomic E-state index is -0.0368. The number of piperazine rings is 1. The number of hydrogen-bond donors (Lipinski definition) is 1. The number of nitrogen functional groups attached to an aromatic ring is 1. The maximum Gasteiger partial charge on any atom is 0.227 e. The SMILES string of the molecule is CC1(C)CN(C(=O)Cc2ccc(N)cc2)CCN1Cc1ccccc1.Cl.Cl. The van der Waals surface area contributed by atoms with E-state index in [2.05, 4.69) is 43.0 Å². The molecular formula is C21H29Cl2N3O. The van der Waals surface area contributed by atoms with E-state index in [-0.39, 0.29) is 36.3 Å². The van der Waals surface area contributed by atoms with Crippen LogP contribution in [0.25, 0.3) is 0 Å². The standard InChI is InChI=1S/C21H27N3O.2ClH/c1-21(2)16-23(20(25)14-17-8-10-19(22)11-9-17)12-13-24(21)15-18-6-4-3-5-7-18;;/h3-11H,12-16,22H2,1-2H3;2*1H. The zero-order valence-electron chi connectivity index (χ0n) is 15.9. The highest BCUT2D eigenvalue weighted by molar-refractivity contribution is 5.85. The number of nitrogens with two attached hydrogens (primary N) is 1. The number of benzene rings is 2. The van der Waals surface area contributed by atoms with Crippen LogP contribution in [0.4, 0.5) is 5.69 Å². The second-order valence-corrected chi connectivity index (χ2v) is 7.45. The molecule has 0 atom stereocenters. The summed E-state index contributed by atoms with van der Waals surface area (Å²) in [4.78, 5) is 17.1. The van der Waals surface area contributed by atoms with Gasteiger partial charge < -0.3 is 10.6 Å². The second-order valence-electron chi connectivity index (χ2n) is 7.45. The zero-order chi connectivity index (χ0) is 17.9. The molecule has 1 amide bonds. The molecule has 6 heteroatoms. The quantitative estimate of drug-likeness (QED) is 0.781. The Morgan fingerprint density at radius 1 is 0.963 bits per heavy atom. The van der Waals surface area contributed by atoms with E-state index in [0.717, 1.165) is 37.4 Å². The Kier molecular flexibility index (Phi) is 8.60. The van der Waals surface area contributed by atoms with Crippen LogP contribution in [0, 0.1) is 0 Å². The normalized spacial score (nSPS) is 16.1. The molecule has 27 heavy (non-hydrogen) atoms. The molecule has 2 aromatic carbocycles. The molecule has 1 fully saturated rings. The summed E-state index contributed by atoms with van der Waals surface area (Å²) in [6.45, 7) is 7.80. The Hall–Kier alpha value is -1.75. The first-order valence-electron chi connectivity index (χ1n) is 8.85. The van der Waals surface area contributed by atoms with Gasteiger partial charge in [0.05, 0.1) is 6.42 Å². The van der Waals surface area contributed by atoms with E-state index in [1.165, 1.54) is 5.56 Å². The molecule has 0 spiro atoms. The Bertz CT molecular complexity index is 720. The first-order chi connectivity index (χ1) is 11.9. The van der Waals surface area contributed by atoms with Crippen molar-refractivity contribution in [1.82, 2.24) is 9.80 Å². The Morgan fingerprint density at radius 2 is 1.59 bits per heavy atom. The maximum atomic E-state index is 12.7. The van der Waals surface area contributed by atoms with Gasteiger partial charge in [0.15, 0.2) is 0 Å². The van der Waals surface area contributed by atoms with E-state index in [4.69, 9.17) is 5.73 Å². The van der Waals surface area contributed by atoms with Gasteiger partial charge in [-0.15, -0.1) is 24.8 Å². The lowest BCUT2D eigenvalue weighted by Crippen LogP contribution is -2.60. The molecule has 1 aliphatic heterocycles. The molecule has 0 aromatic heterocycles. The number of anilines is 1. The van der Waals surface area contributed by atoms with Gasteiger partial charge in [0, 0.05) is 37.4 Å². The van der Waals surface area contributed by atoms with Crippen LogP contribution < -0.4 is 5.73 Å². The predicted octanol–water partition coefficient (Wildman–Crippen LogP) is 3.78. The number of amides is 1. The number of carbonyl (C=O) groups excluding carboxylic acids is 1. The van der Waals surface area contributed by atoms with Crippen molar-refractivity contribution in [2.24, 2.45) is 0 Å². The number of hydrogen-bond acceptors (Lipinski definition) is 3. The Balaban J connectivity index is 0.00000182. The lowest BCUT2D eigenvalue weighted by atomic mass is 9.97. The summed E-state index contributed by atoms with van der Waals surface area (Å²) >= 11 is 0. The van der Waals surface area contributed by atoms with E-state index in [9.17, 15) is 4.79 Å². The molecule has 148 valence electrons. The maximum absolute atomic E-state index is 12.7. The fraction of sp³-hybridized carbons (Fsp3) is 0.381. The topological polar surface area (TPSA) is 49.6 Å². The molecule has 2 N–H and O–H groups in total. The van der Waals surface area contributed by atoms with Gasteiger partial charge in [-0.3, -0.25) is 9.69 Å². The van der Waals surface area contributed by atoms with Crippen LogP contribution in [-0.4, -0.2) is 40.9 Å². The minimum absolute atomic E-state index is 0. The molecule has 3 rings (SSSR count). The fourth-order valence-corrected chi connectivity index (χ4v) is 3.42. The summed E-state index contributed by atoms with van der Waals surface area (Å²) < 4.78 is 0. The van der Waals surface area contributed by atoms with Crippen LogP contribution >= 0.6 is 24.8 Å². The molecule has 4 nitrogen and oxygen atoms in total. The highest BCUT2D eigenvalue weighted by atomic mass is 35.5. The van der Waals surface area contributed by atoms with Gasteiger partial charge in [-0.1, -0.05) is 42.5 Å². The van der Waals surface area contributed by atoms with Crippen LogP contribution in [0.15, 0.2) is 54.6 Å². The first kappa shape index (κ1) is 23.3. The van der Waals surface area contributed by atoms with Crippen molar-refractivity contribution in [2.75, 3.05) is 25.4 Å². The van der Waals surface area contributed by atoms with Crippen molar-refractivity contribution >= 4 is 36.4 Å². The molecule has 1 heterocycles. The predicted molar refractivity (Wildman–Crippen MR) is 117 cm³/mol. The Labute approximate surface area is 174 Å². The van der Waals surface area contributed by atoms with Crippen molar-refractivity contribution in [3.63, 3.8) is 0 Å². The van der Waals surface area contributed by atoms with E-state index < -0.39 is 0 Å². The summed E-state index contributed by atoms with van der Waals surface area (Å²) in [6, 6.07) is 18.1. The van der Waals surface area contributed by atoms with E-state index in [1.807, 2.05) is 35.2 Å². The summed E-state index contributed by atoms with van der Waals surface area (Å²) in [5.74, 6) is 0.192. The number of halogens is 2. The number of nitrogens with zero attached hydrogens (tertiary/aromatic N) is 2. The van der Waals surface area contributed by atoms with Gasteiger partial charge in [-0.2, -0.15) is 0 Å². The van der Waals surface area contributed by atoms with Gasteiger partial charge in [0.1, 0.15) is 0 Å². The molecule has 1 aliphatic rings. The highest BCUT2D eigenvalue weighted by Gasteiger charge is 2.35. The summed E-state index contributed by atoms with van der Waals surface area (Å²) in [6.07, 6.45) is 0.440. The van der Waals surface area contributed by atoms with Crippen LogP contribution in [0.2, 0.25) is 0 Å². The molecule has 0 saturated carbocycles. The van der Waals surface area contributed by atoms with Crippen LogP contribution in [-0.2, 0) is 17.8 Å². The van der Waals surface area contributed by atoms with Gasteiger partial charge in [0.2, 0.25) is 5.91 Å². The van der Waals surface area contributed by atoms with Crippen molar-refractivity contribution < 1.29 is 4.79 Å². The molecule has 0 aliphatic carbocycles. The van der Waals surface area contributed by atoms with E-state index >= 15 is 0 Å². The summed E-state index contributed by atoms with van der Waals surface area (Å²) in [7, 11) is 0. The molecule has 0 unspecified atom stereocenters. The number of rotatable bonds is 4. The van der Waals surface area contributed by atoms with Crippen molar-refractivity contribution in [2.45, 2.75) is 32.4 Å². The fourth-order valence-electron chi connectivity index (χ4n) is 3.42. The van der Waals surface area contributed by atoms with E-state index in [1.54, 1.807) is 0 Å². The van der Waals surface area contributed by atoms with Gasteiger partial charge >= 0.3 is 0 Å². The largest absolute Gasteiger partial charge is 0.399 e. The monoisotopic (exact) mass is 409 g/mol. The van der Waals surface area contributed by atoms with Crippen molar-refractivity contribution in [3.8, 4) is 0 Å². The van der Waals surface area contributed by atoms with Gasteiger partial charge in [-0.05, 0) is 37.1 Å². The lowest BCUT2D eigenvalue weighted by molar-refractivity contribution is -0.135. The van der Waals surface area contributed by atoms with Crippen LogP contribution in [0.1, 0.15) is 25.0 Å². The van der Waals surface area contributed by atoms with Gasteiger partial charge in [-0.25, -0.2) is 0 Å². The van der Waals surface area contributed by atoms with Crippen molar-refractivity contribution in [3.05, 3.63) is 65.7 Å². The first-order valence-corrected chi connectivity index (χ1v) is 8.85. The lowest BCUT2D eigenvalue weighted by Gasteiger charge is -2.47. The highest BCUT2D eigenvalue weighted by Crippen LogP contribution is 2.24. The van der Waals surface area contributed by atoms with E-state index in [0.29, 0.717) is 6.42 Å². The zero-order valence-corrected chi connectivity index (χ0v) is 17.6. The smallest absolute Gasteiger partial charge is 0.227 e. The average Bonchev–Trinajstić information content (AvgIpc) is 2.59. The average molecular weight is 410 g/mol. The van der Waals surface area contributed by atoms with Crippen molar-refractivity contribution in [1.29, 1.82) is 0 Å².